The minimum Gasteiger partial charge on any atom is -0.267 e. The Kier molecular flexibility index (Phi) is 3.27. The number of benzene rings is 2. The van der Waals surface area contributed by atoms with Crippen LogP contribution in [0, 0.1) is 0 Å². The van der Waals surface area contributed by atoms with Crippen LogP contribution >= 0.6 is 11.6 Å². The van der Waals surface area contributed by atoms with Crippen LogP contribution in [0.4, 0.5) is 0 Å². The fourth-order valence-corrected chi connectivity index (χ4v) is 3.12. The minimum absolute atomic E-state index is 0.00359. The highest BCUT2D eigenvalue weighted by molar-refractivity contribution is 7.71. The first kappa shape index (κ1) is 13.8. The quantitative estimate of drug-likeness (QED) is 0.679. The van der Waals surface area contributed by atoms with Gasteiger partial charge < -0.3 is 0 Å². The number of hydrogen-bond donors (Lipinski definition) is 1. The largest absolute Gasteiger partial charge is 0.276 e. The molecular formula is C14H8ClNO4S. The number of carbonyl (C=O) groups excluding carboxylic acids is 2. The number of thiol groups is 1. The maximum atomic E-state index is 12.1. The molecule has 1 aliphatic rings. The van der Waals surface area contributed by atoms with E-state index in [1.54, 1.807) is 18.2 Å². The Morgan fingerprint density at radius 2 is 1.48 bits per heavy atom. The molecule has 0 atom stereocenters. The second-order valence-electron chi connectivity index (χ2n) is 4.38. The van der Waals surface area contributed by atoms with Gasteiger partial charge in [-0.15, -0.1) is 0 Å². The van der Waals surface area contributed by atoms with Crippen molar-refractivity contribution in [3.63, 3.8) is 0 Å². The summed E-state index contributed by atoms with van der Waals surface area (Å²) in [6.45, 7) is 0. The van der Waals surface area contributed by atoms with Gasteiger partial charge in [-0.25, -0.2) is 8.42 Å². The van der Waals surface area contributed by atoms with Crippen LogP contribution < -0.4 is 0 Å². The maximum absolute atomic E-state index is 12.1. The number of nitrogens with zero attached hydrogens (tertiary/aromatic N) is 1. The molecule has 0 aromatic heterocycles. The van der Waals surface area contributed by atoms with E-state index < -0.39 is 22.7 Å². The van der Waals surface area contributed by atoms with Crippen molar-refractivity contribution in [1.82, 2.24) is 4.31 Å². The lowest BCUT2D eigenvalue weighted by Gasteiger charge is -2.07. The molecule has 7 heteroatoms. The van der Waals surface area contributed by atoms with Gasteiger partial charge in [-0.2, -0.15) is 4.31 Å². The Hall–Kier alpha value is -2.18. The van der Waals surface area contributed by atoms with Gasteiger partial charge in [-0.1, -0.05) is 48.0 Å². The highest BCUT2D eigenvalue weighted by Gasteiger charge is 2.40. The van der Waals surface area contributed by atoms with Crippen LogP contribution in [0.2, 0.25) is 5.02 Å². The van der Waals surface area contributed by atoms with Crippen molar-refractivity contribution in [3.8, 4) is 11.1 Å². The molecule has 2 aromatic rings. The van der Waals surface area contributed by atoms with Crippen molar-refractivity contribution in [2.75, 3.05) is 0 Å². The zero-order valence-electron chi connectivity index (χ0n) is 10.4. The van der Waals surface area contributed by atoms with Crippen LogP contribution in [0.25, 0.3) is 11.1 Å². The third-order valence-corrected chi connectivity index (χ3v) is 4.30. The average Bonchev–Trinajstić information content (AvgIpc) is 2.72. The van der Waals surface area contributed by atoms with E-state index in [1.807, 2.05) is 18.2 Å². The minimum atomic E-state index is -3.33. The first-order chi connectivity index (χ1) is 10.0. The van der Waals surface area contributed by atoms with Crippen LogP contribution in [0.5, 0.6) is 0 Å². The third kappa shape index (κ3) is 2.03. The molecular weight excluding hydrogens is 314 g/mol. The summed E-state index contributed by atoms with van der Waals surface area (Å²) in [4.78, 5) is 24.0. The van der Waals surface area contributed by atoms with Crippen LogP contribution in [0.15, 0.2) is 42.5 Å². The number of halogens is 1. The second-order valence-corrected chi connectivity index (χ2v) is 5.63. The van der Waals surface area contributed by atoms with Crippen molar-refractivity contribution < 1.29 is 18.0 Å². The smallest absolute Gasteiger partial charge is 0.267 e. The lowest BCUT2D eigenvalue weighted by molar-refractivity contribution is 0.0769. The predicted molar refractivity (Wildman–Crippen MR) is 77.7 cm³/mol. The van der Waals surface area contributed by atoms with Crippen LogP contribution in [0.3, 0.4) is 0 Å². The van der Waals surface area contributed by atoms with E-state index in [9.17, 15) is 18.0 Å². The second kappa shape index (κ2) is 4.98. The van der Waals surface area contributed by atoms with E-state index in [1.165, 1.54) is 6.07 Å². The Morgan fingerprint density at radius 3 is 2.10 bits per heavy atom. The molecule has 106 valence electrons. The van der Waals surface area contributed by atoms with Gasteiger partial charge in [0.25, 0.3) is 11.8 Å². The van der Waals surface area contributed by atoms with Gasteiger partial charge in [0.2, 0.25) is 10.9 Å². The standard InChI is InChI=1S/C14H8ClNO4S/c15-12-9(8-4-2-1-3-5-8)6-7-10-11(12)14(18)16(13(10)17)21(19)20/h1-7,21H. The molecule has 0 unspecified atom stereocenters. The van der Waals surface area contributed by atoms with Gasteiger partial charge >= 0.3 is 0 Å². The van der Waals surface area contributed by atoms with E-state index in [0.29, 0.717) is 5.56 Å². The topological polar surface area (TPSA) is 71.5 Å². The highest BCUT2D eigenvalue weighted by Crippen LogP contribution is 2.36. The Balaban J connectivity index is 2.23. The lowest BCUT2D eigenvalue weighted by atomic mass is 10.00. The number of amides is 2. The van der Waals surface area contributed by atoms with Gasteiger partial charge in [0.1, 0.15) is 0 Å². The van der Waals surface area contributed by atoms with E-state index in [4.69, 9.17) is 11.6 Å². The van der Waals surface area contributed by atoms with E-state index >= 15 is 0 Å². The van der Waals surface area contributed by atoms with Crippen LogP contribution in [-0.4, -0.2) is 24.5 Å². The Bertz CT molecular complexity index is 838. The zero-order valence-corrected chi connectivity index (χ0v) is 12.1. The maximum Gasteiger partial charge on any atom is 0.276 e. The molecule has 0 radical (unpaired) electrons. The van der Waals surface area contributed by atoms with E-state index in [2.05, 4.69) is 0 Å². The van der Waals surface area contributed by atoms with Crippen molar-refractivity contribution in [2.45, 2.75) is 0 Å². The van der Waals surface area contributed by atoms with Gasteiger partial charge in [0.05, 0.1) is 16.1 Å². The molecule has 0 saturated heterocycles. The fraction of sp³-hybridized carbons (Fsp3) is 0. The summed E-state index contributed by atoms with van der Waals surface area (Å²) < 4.78 is 22.3. The summed E-state index contributed by atoms with van der Waals surface area (Å²) >= 11 is 6.22. The number of imide groups is 1. The number of hydrogen-bond acceptors (Lipinski definition) is 4. The molecule has 1 heterocycles. The summed E-state index contributed by atoms with van der Waals surface area (Å²) in [5.74, 6) is -1.78. The summed E-state index contributed by atoms with van der Waals surface area (Å²) in [5.41, 5.74) is 1.28. The molecule has 0 saturated carbocycles. The highest BCUT2D eigenvalue weighted by atomic mass is 35.5. The van der Waals surface area contributed by atoms with E-state index in [-0.39, 0.29) is 20.5 Å². The molecule has 0 aliphatic carbocycles. The van der Waals surface area contributed by atoms with Crippen molar-refractivity contribution in [3.05, 3.63) is 58.6 Å². The normalized spacial score (nSPS) is 13.9. The summed E-state index contributed by atoms with van der Waals surface area (Å²) in [6.07, 6.45) is 0. The Labute approximate surface area is 126 Å². The molecule has 21 heavy (non-hydrogen) atoms. The molecule has 5 nitrogen and oxygen atoms in total. The van der Waals surface area contributed by atoms with Crippen molar-refractivity contribution in [2.24, 2.45) is 0 Å². The number of rotatable bonds is 2. The molecule has 0 N–H and O–H groups in total. The molecule has 0 bridgehead atoms. The first-order valence-corrected chi connectivity index (χ1v) is 7.44. The van der Waals surface area contributed by atoms with E-state index in [0.717, 1.165) is 5.56 Å². The average molecular weight is 322 g/mol. The molecule has 2 aromatic carbocycles. The van der Waals surface area contributed by atoms with Crippen LogP contribution in [-0.2, 0) is 10.9 Å². The lowest BCUT2D eigenvalue weighted by Crippen LogP contribution is -2.27. The SMILES string of the molecule is O=C1c2ccc(-c3ccccc3)c(Cl)c2C(=O)N1[SH](=O)=O. The molecule has 1 aliphatic heterocycles. The van der Waals surface area contributed by atoms with Gasteiger partial charge in [0, 0.05) is 5.56 Å². The summed E-state index contributed by atoms with van der Waals surface area (Å²) in [7, 11) is -3.33. The predicted octanol–water partition coefficient (Wildman–Crippen LogP) is 2.13. The summed E-state index contributed by atoms with van der Waals surface area (Å²) in [5, 5.41) is 0.0800. The molecule has 3 rings (SSSR count). The molecule has 0 spiro atoms. The monoisotopic (exact) mass is 321 g/mol. The van der Waals surface area contributed by atoms with Crippen LogP contribution in [0.1, 0.15) is 20.7 Å². The first-order valence-electron chi connectivity index (χ1n) is 5.93. The number of fused-ring (bicyclic) bond motifs is 1. The van der Waals surface area contributed by atoms with Gasteiger partial charge in [-0.3, -0.25) is 9.59 Å². The number of carbonyl (C=O) groups is 2. The van der Waals surface area contributed by atoms with Gasteiger partial charge in [-0.05, 0) is 11.6 Å². The molecule has 2 amide bonds. The molecule has 0 fully saturated rings. The van der Waals surface area contributed by atoms with Crippen molar-refractivity contribution in [1.29, 1.82) is 0 Å². The zero-order chi connectivity index (χ0) is 15.1. The van der Waals surface area contributed by atoms with Crippen molar-refractivity contribution >= 4 is 34.3 Å². The fourth-order valence-electron chi connectivity index (χ4n) is 2.26. The Morgan fingerprint density at radius 1 is 0.857 bits per heavy atom. The van der Waals surface area contributed by atoms with Gasteiger partial charge in [0.15, 0.2) is 0 Å². The summed E-state index contributed by atoms with van der Waals surface area (Å²) in [6, 6.07) is 12.1. The third-order valence-electron chi connectivity index (χ3n) is 3.22.